The van der Waals surface area contributed by atoms with Crippen LogP contribution in [0.1, 0.15) is 83.9 Å². The van der Waals surface area contributed by atoms with E-state index in [1.807, 2.05) is 13.8 Å². The van der Waals surface area contributed by atoms with Crippen LogP contribution < -0.4 is 22.5 Å². The van der Waals surface area contributed by atoms with Crippen molar-refractivity contribution in [3.63, 3.8) is 0 Å². The average Bonchev–Trinajstić information content (AvgIpc) is 3.21. The molecule has 0 unspecified atom stereocenters. The highest BCUT2D eigenvalue weighted by Crippen LogP contribution is 2.32. The number of rotatable bonds is 18. The number of ether oxygens (including phenoxy) is 2. The monoisotopic (exact) mass is 1170 g/mol. The minimum absolute atomic E-state index is 0.0290. The van der Waals surface area contributed by atoms with Gasteiger partial charge in [0, 0.05) is 71.3 Å². The van der Waals surface area contributed by atoms with Crippen molar-refractivity contribution in [1.82, 2.24) is 76.0 Å². The van der Waals surface area contributed by atoms with Gasteiger partial charge >= 0.3 is 35.7 Å². The smallest absolute Gasteiger partial charge is 0.416 e. The van der Waals surface area contributed by atoms with Gasteiger partial charge in [0.2, 0.25) is 5.82 Å². The van der Waals surface area contributed by atoms with Crippen molar-refractivity contribution in [1.29, 1.82) is 0 Å². The third-order valence-corrected chi connectivity index (χ3v) is 13.3. The Morgan fingerprint density at radius 3 is 1.44 bits per heavy atom. The normalized spacial score (nSPS) is 11.9. The van der Waals surface area contributed by atoms with Gasteiger partial charge in [0.1, 0.15) is 11.6 Å². The maximum Gasteiger partial charge on any atom is 0.416 e. The third-order valence-electron chi connectivity index (χ3n) is 13.3. The summed E-state index contributed by atoms with van der Waals surface area (Å²) in [5.41, 5.74) is -1.85. The number of carbonyl (C=O) groups is 2. The van der Waals surface area contributed by atoms with Crippen molar-refractivity contribution in [3.05, 3.63) is 174 Å². The molecule has 0 spiro atoms. The molecular weight excluding hydrogens is 1110 g/mol. The SMILES string of the molecule is CCCn1c(=O)c2c(nc(-c3cnn(Cc4cccc(C(F)(F)F)c4)c3)n2COC(=O)c2cn(C)cn2)n(CC)c1=O.CCCn1c(=O)c2c(nc(-c3cnn(Cc4cccc(C(F)(F)F)c4)c3)n2COC(=O)c2nccn2C)n(CC)c1=O. The summed E-state index contributed by atoms with van der Waals surface area (Å²) in [5, 5.41) is 8.55. The summed E-state index contributed by atoms with van der Waals surface area (Å²) in [4.78, 5) is 96.0. The van der Waals surface area contributed by atoms with Crippen molar-refractivity contribution < 1.29 is 45.4 Å². The van der Waals surface area contributed by atoms with E-state index >= 15 is 0 Å². The lowest BCUT2D eigenvalue weighted by Crippen LogP contribution is -2.40. The highest BCUT2D eigenvalue weighted by molar-refractivity contribution is 5.87. The van der Waals surface area contributed by atoms with Crippen LogP contribution in [0.5, 0.6) is 0 Å². The average molecular weight is 1170 g/mol. The summed E-state index contributed by atoms with van der Waals surface area (Å²) in [6, 6.07) is 9.83. The number of aryl methyl sites for hydroxylation is 4. The summed E-state index contributed by atoms with van der Waals surface area (Å²) in [6.45, 7) is 7.16. The number of aromatic nitrogens is 16. The summed E-state index contributed by atoms with van der Waals surface area (Å²) >= 11 is 0. The van der Waals surface area contributed by atoms with Crippen LogP contribution in [-0.4, -0.2) is 88.0 Å². The first-order chi connectivity index (χ1) is 40.0. The number of fused-ring (bicyclic) bond motifs is 2. The van der Waals surface area contributed by atoms with E-state index in [2.05, 4.69) is 30.1 Å². The van der Waals surface area contributed by atoms with Crippen LogP contribution in [-0.2, 0) is 88.7 Å². The number of benzene rings is 2. The Morgan fingerprint density at radius 2 is 1.05 bits per heavy atom. The number of imidazole rings is 4. The van der Waals surface area contributed by atoms with E-state index in [1.54, 1.807) is 63.2 Å². The Labute approximate surface area is 470 Å². The number of carbonyl (C=O) groups excluding carboxylic acids is 2. The zero-order valence-corrected chi connectivity index (χ0v) is 46.0. The van der Waals surface area contributed by atoms with Crippen LogP contribution in [0.25, 0.3) is 45.1 Å². The lowest BCUT2D eigenvalue weighted by Gasteiger charge is -2.12. The fraction of sp³-hybridized carbons (Fsp3) is 0.333. The van der Waals surface area contributed by atoms with Crippen molar-refractivity contribution in [2.45, 2.75) is 106 Å². The number of hydrogen-bond donors (Lipinski definition) is 0. The zero-order valence-electron chi connectivity index (χ0n) is 46.0. The molecule has 440 valence electrons. The van der Waals surface area contributed by atoms with E-state index in [9.17, 15) is 55.1 Å². The summed E-state index contributed by atoms with van der Waals surface area (Å²) in [5.74, 6) is -1.07. The maximum atomic E-state index is 13.6. The van der Waals surface area contributed by atoms with Gasteiger partial charge in [-0.3, -0.25) is 46.4 Å². The van der Waals surface area contributed by atoms with Gasteiger partial charge in [-0.1, -0.05) is 38.1 Å². The van der Waals surface area contributed by atoms with Gasteiger partial charge in [0.05, 0.1) is 54.1 Å². The minimum Gasteiger partial charge on any atom is -0.439 e. The molecule has 0 bridgehead atoms. The molecule has 2 aromatic carbocycles. The molecule has 0 N–H and O–H groups in total. The molecule has 30 heteroatoms. The summed E-state index contributed by atoms with van der Waals surface area (Å²) < 4.78 is 104. The second kappa shape index (κ2) is 23.9. The van der Waals surface area contributed by atoms with Gasteiger partial charge in [-0.2, -0.15) is 36.5 Å². The van der Waals surface area contributed by atoms with Crippen LogP contribution in [0.2, 0.25) is 0 Å². The van der Waals surface area contributed by atoms with Gasteiger partial charge in [-0.05, 0) is 62.1 Å². The van der Waals surface area contributed by atoms with Crippen molar-refractivity contribution >= 4 is 34.3 Å². The molecule has 10 aromatic rings. The van der Waals surface area contributed by atoms with Gasteiger partial charge in [-0.25, -0.2) is 39.1 Å². The van der Waals surface area contributed by atoms with Crippen molar-refractivity contribution in [2.75, 3.05) is 0 Å². The summed E-state index contributed by atoms with van der Waals surface area (Å²) in [7, 11) is 3.33. The van der Waals surface area contributed by atoms with E-state index in [4.69, 9.17) is 9.47 Å². The Morgan fingerprint density at radius 1 is 0.583 bits per heavy atom. The zero-order chi connectivity index (χ0) is 60.4. The van der Waals surface area contributed by atoms with E-state index in [0.29, 0.717) is 35.1 Å². The van der Waals surface area contributed by atoms with E-state index < -0.39 is 71.4 Å². The lowest BCUT2D eigenvalue weighted by molar-refractivity contribution is -0.138. The molecule has 10 rings (SSSR count). The first-order valence-electron chi connectivity index (χ1n) is 26.2. The molecule has 8 aromatic heterocycles. The highest BCUT2D eigenvalue weighted by Gasteiger charge is 2.32. The summed E-state index contributed by atoms with van der Waals surface area (Å²) in [6.07, 6.45) is 4.01. The molecule has 0 saturated heterocycles. The second-order valence-corrected chi connectivity index (χ2v) is 19.2. The van der Waals surface area contributed by atoms with Gasteiger partial charge in [0.15, 0.2) is 41.5 Å². The highest BCUT2D eigenvalue weighted by atomic mass is 19.4. The Bertz CT molecular complexity index is 4340. The molecule has 84 heavy (non-hydrogen) atoms. The quantitative estimate of drug-likeness (QED) is 0.0654. The third kappa shape index (κ3) is 11.9. The van der Waals surface area contributed by atoms with Crippen molar-refractivity contribution in [3.8, 4) is 22.8 Å². The van der Waals surface area contributed by atoms with Gasteiger partial charge < -0.3 is 18.6 Å². The molecule has 0 aliphatic rings. The largest absolute Gasteiger partial charge is 0.439 e. The molecule has 0 aliphatic heterocycles. The van der Waals surface area contributed by atoms with E-state index in [1.165, 1.54) is 75.4 Å². The standard InChI is InChI=1S/2C27H27F3N8O4/c1-4-10-37-24(39)20-22(36(5-2)26(37)41)33-21(38(20)16-42-25(40)23-31-9-11-34(23)3)18-13-32-35(15-18)14-17-7-6-8-19(12-17)27(28,29)30;1-4-9-37-24(39)21-23(36(5-2)26(37)41)33-22(38(21)16-42-25(40)20-14-34(3)15-31-20)18-11-32-35(13-18)12-17-7-6-8-19(10-17)27(28,29)30/h6-9,11-13,15H,4-5,10,14,16H2,1-3H3;6-8,10-11,13-15H,4-5,9,12,16H2,1-3H3. The van der Waals surface area contributed by atoms with Crippen LogP contribution in [0.4, 0.5) is 26.3 Å². The van der Waals surface area contributed by atoms with E-state index in [-0.39, 0.29) is 84.8 Å². The molecule has 0 fully saturated rings. The number of alkyl halides is 6. The first-order valence-corrected chi connectivity index (χ1v) is 26.2. The van der Waals surface area contributed by atoms with Crippen LogP contribution in [0.3, 0.4) is 0 Å². The Balaban J connectivity index is 0.000000202. The topological polar surface area (TPSA) is 248 Å². The van der Waals surface area contributed by atoms with E-state index in [0.717, 1.165) is 33.4 Å². The fourth-order valence-electron chi connectivity index (χ4n) is 9.35. The fourth-order valence-corrected chi connectivity index (χ4v) is 9.35. The molecule has 0 amide bonds. The molecule has 0 radical (unpaired) electrons. The van der Waals surface area contributed by atoms with Gasteiger partial charge in [0.25, 0.3) is 11.1 Å². The number of halogens is 6. The van der Waals surface area contributed by atoms with Crippen LogP contribution in [0, 0.1) is 0 Å². The van der Waals surface area contributed by atoms with Gasteiger partial charge in [-0.15, -0.1) is 0 Å². The molecule has 24 nitrogen and oxygen atoms in total. The lowest BCUT2D eigenvalue weighted by atomic mass is 10.1. The van der Waals surface area contributed by atoms with Crippen LogP contribution in [0.15, 0.2) is 117 Å². The molecule has 0 aliphatic carbocycles. The van der Waals surface area contributed by atoms with Crippen molar-refractivity contribution in [2.24, 2.45) is 14.1 Å². The first kappa shape index (κ1) is 58.7. The van der Waals surface area contributed by atoms with Crippen LogP contribution >= 0.6 is 0 Å². The molecule has 0 saturated carbocycles. The predicted octanol–water partition coefficient (Wildman–Crippen LogP) is 6.54. The molecular formula is C54H54F6N16O8. The number of nitrogens with zero attached hydrogens (tertiary/aromatic N) is 16. The number of hydrogen-bond acceptors (Lipinski definition) is 14. The number of esters is 2. The Kier molecular flexibility index (Phi) is 16.7. The molecule has 8 heterocycles. The minimum atomic E-state index is -4.48. The maximum absolute atomic E-state index is 13.6. The second-order valence-electron chi connectivity index (χ2n) is 19.2. The molecule has 0 atom stereocenters. The predicted molar refractivity (Wildman–Crippen MR) is 289 cm³/mol. The Hall–Kier alpha value is -9.90.